The van der Waals surface area contributed by atoms with Gasteiger partial charge in [0.25, 0.3) is 0 Å². The van der Waals surface area contributed by atoms with Gasteiger partial charge in [0.1, 0.15) is 5.75 Å². The minimum atomic E-state index is -3.39. The smallest absolute Gasteiger partial charge is 0.241 e. The molecule has 7 nitrogen and oxygen atoms in total. The highest BCUT2D eigenvalue weighted by Crippen LogP contribution is 2.28. The fourth-order valence-corrected chi connectivity index (χ4v) is 5.11. The normalized spacial score (nSPS) is 16.8. The van der Waals surface area contributed by atoms with Crippen molar-refractivity contribution in [2.24, 2.45) is 0 Å². The lowest BCUT2D eigenvalue weighted by Gasteiger charge is -2.36. The summed E-state index contributed by atoms with van der Waals surface area (Å²) in [5.74, 6) is 0.311. The van der Waals surface area contributed by atoms with Gasteiger partial charge in [-0.25, -0.2) is 8.42 Å². The van der Waals surface area contributed by atoms with Crippen LogP contribution in [0.3, 0.4) is 0 Å². The van der Waals surface area contributed by atoms with E-state index < -0.39 is 16.1 Å². The van der Waals surface area contributed by atoms with Crippen molar-refractivity contribution in [2.75, 3.05) is 38.6 Å². The fourth-order valence-electron chi connectivity index (χ4n) is 3.43. The summed E-state index contributed by atoms with van der Waals surface area (Å²) in [5.41, 5.74) is 1.27. The number of hydrogen-bond donors (Lipinski definition) is 1. The molecule has 1 aliphatic heterocycles. The summed E-state index contributed by atoms with van der Waals surface area (Å²) >= 11 is 6.02. The summed E-state index contributed by atoms with van der Waals surface area (Å²) < 4.78 is 32.2. The number of nitrogens with one attached hydrogen (secondary N) is 1. The van der Waals surface area contributed by atoms with E-state index in [0.717, 1.165) is 5.56 Å². The molecule has 1 heterocycles. The fraction of sp³-hybridized carbons (Fsp3) is 0.381. The number of amides is 1. The molecule has 1 fully saturated rings. The SMILES string of the molecule is COc1ccc(Cl)cc1NC(=O)[C@H](C)N1CCN(S(=O)(=O)Cc2ccccc2)CC1. The van der Waals surface area contributed by atoms with Gasteiger partial charge < -0.3 is 10.1 Å². The minimum absolute atomic E-state index is 0.0154. The van der Waals surface area contributed by atoms with Crippen LogP contribution in [0.5, 0.6) is 5.75 Å². The van der Waals surface area contributed by atoms with Crippen molar-refractivity contribution >= 4 is 33.2 Å². The van der Waals surface area contributed by atoms with E-state index >= 15 is 0 Å². The van der Waals surface area contributed by atoms with Gasteiger partial charge in [0.15, 0.2) is 0 Å². The molecule has 0 aliphatic carbocycles. The van der Waals surface area contributed by atoms with E-state index in [1.807, 2.05) is 35.2 Å². The highest BCUT2D eigenvalue weighted by atomic mass is 35.5. The Bertz CT molecular complexity index is 977. The monoisotopic (exact) mass is 451 g/mol. The van der Waals surface area contributed by atoms with Crippen LogP contribution in [0, 0.1) is 0 Å². The van der Waals surface area contributed by atoms with Crippen LogP contribution in [0.15, 0.2) is 48.5 Å². The zero-order chi connectivity index (χ0) is 21.7. The quantitative estimate of drug-likeness (QED) is 0.700. The maximum Gasteiger partial charge on any atom is 0.241 e. The molecule has 2 aromatic carbocycles. The average Bonchev–Trinajstić information content (AvgIpc) is 2.74. The number of ether oxygens (including phenoxy) is 1. The standard InChI is InChI=1S/C21H26ClN3O4S/c1-16(21(26)23-19-14-18(22)8-9-20(19)29-2)24-10-12-25(13-11-24)30(27,28)15-17-6-4-3-5-7-17/h3-9,14,16H,10-13,15H2,1-2H3,(H,23,26)/t16-/m0/s1. The lowest BCUT2D eigenvalue weighted by Crippen LogP contribution is -2.54. The molecule has 0 bridgehead atoms. The van der Waals surface area contributed by atoms with Crippen molar-refractivity contribution in [3.05, 3.63) is 59.1 Å². The van der Waals surface area contributed by atoms with E-state index in [2.05, 4.69) is 5.32 Å². The highest BCUT2D eigenvalue weighted by Gasteiger charge is 2.31. The maximum absolute atomic E-state index is 12.7. The third-order valence-electron chi connectivity index (χ3n) is 5.21. The maximum atomic E-state index is 12.7. The molecule has 0 radical (unpaired) electrons. The summed E-state index contributed by atoms with van der Waals surface area (Å²) in [5, 5.41) is 3.35. The summed E-state index contributed by atoms with van der Waals surface area (Å²) in [6.07, 6.45) is 0. The molecule has 1 aliphatic rings. The molecular formula is C21H26ClN3O4S. The van der Waals surface area contributed by atoms with Gasteiger partial charge in [-0.2, -0.15) is 4.31 Å². The van der Waals surface area contributed by atoms with Crippen LogP contribution in [0.2, 0.25) is 5.02 Å². The predicted octanol–water partition coefficient (Wildman–Crippen LogP) is 2.82. The van der Waals surface area contributed by atoms with Crippen LogP contribution in [0.25, 0.3) is 0 Å². The van der Waals surface area contributed by atoms with E-state index in [4.69, 9.17) is 16.3 Å². The number of rotatable bonds is 7. The lowest BCUT2D eigenvalue weighted by atomic mass is 10.2. The van der Waals surface area contributed by atoms with E-state index in [-0.39, 0.29) is 11.7 Å². The van der Waals surface area contributed by atoms with E-state index in [0.29, 0.717) is 42.6 Å². The molecule has 3 rings (SSSR count). The second-order valence-electron chi connectivity index (χ2n) is 7.19. The number of benzene rings is 2. The second kappa shape index (κ2) is 9.78. The van der Waals surface area contributed by atoms with Crippen molar-refractivity contribution in [1.29, 1.82) is 0 Å². The number of sulfonamides is 1. The number of anilines is 1. The molecular weight excluding hydrogens is 426 g/mol. The summed E-state index contributed by atoms with van der Waals surface area (Å²) in [7, 11) is -1.87. The Morgan fingerprint density at radius 3 is 2.43 bits per heavy atom. The second-order valence-corrected chi connectivity index (χ2v) is 9.59. The zero-order valence-electron chi connectivity index (χ0n) is 17.0. The van der Waals surface area contributed by atoms with Gasteiger partial charge in [-0.1, -0.05) is 41.9 Å². The Balaban J connectivity index is 1.58. The number of carbonyl (C=O) groups excluding carboxylic acids is 1. The van der Waals surface area contributed by atoms with E-state index in [1.54, 1.807) is 25.1 Å². The Morgan fingerprint density at radius 1 is 1.13 bits per heavy atom. The van der Waals surface area contributed by atoms with Crippen molar-refractivity contribution in [2.45, 2.75) is 18.7 Å². The van der Waals surface area contributed by atoms with E-state index in [1.165, 1.54) is 11.4 Å². The van der Waals surface area contributed by atoms with Gasteiger partial charge in [0.2, 0.25) is 15.9 Å². The van der Waals surface area contributed by atoms with Crippen molar-refractivity contribution < 1.29 is 17.9 Å². The number of hydrogen-bond acceptors (Lipinski definition) is 5. The largest absolute Gasteiger partial charge is 0.495 e. The van der Waals surface area contributed by atoms with Gasteiger partial charge in [0.05, 0.1) is 24.6 Å². The summed E-state index contributed by atoms with van der Waals surface area (Å²) in [6, 6.07) is 13.7. The average molecular weight is 452 g/mol. The third kappa shape index (κ3) is 5.51. The molecule has 0 aromatic heterocycles. The van der Waals surface area contributed by atoms with Crippen LogP contribution < -0.4 is 10.1 Å². The molecule has 0 unspecified atom stereocenters. The Hall–Kier alpha value is -2.13. The summed E-state index contributed by atoms with van der Waals surface area (Å²) in [6.45, 7) is 3.48. The number of carbonyl (C=O) groups is 1. The van der Waals surface area contributed by atoms with Crippen LogP contribution in [0.1, 0.15) is 12.5 Å². The number of halogens is 1. The zero-order valence-corrected chi connectivity index (χ0v) is 18.6. The lowest BCUT2D eigenvalue weighted by molar-refractivity contribution is -0.121. The Morgan fingerprint density at radius 2 is 1.80 bits per heavy atom. The first-order valence-corrected chi connectivity index (χ1v) is 11.7. The topological polar surface area (TPSA) is 79.0 Å². The van der Waals surface area contributed by atoms with Crippen molar-refractivity contribution in [1.82, 2.24) is 9.21 Å². The Labute approximate surface area is 182 Å². The first-order valence-electron chi connectivity index (χ1n) is 9.70. The number of nitrogens with zero attached hydrogens (tertiary/aromatic N) is 2. The van der Waals surface area contributed by atoms with Crippen LogP contribution in [0.4, 0.5) is 5.69 Å². The highest BCUT2D eigenvalue weighted by molar-refractivity contribution is 7.88. The van der Waals surface area contributed by atoms with Gasteiger partial charge >= 0.3 is 0 Å². The molecule has 9 heteroatoms. The van der Waals surface area contributed by atoms with Gasteiger partial charge in [-0.15, -0.1) is 0 Å². The van der Waals surface area contributed by atoms with Crippen LogP contribution in [-0.4, -0.2) is 62.9 Å². The Kier molecular flexibility index (Phi) is 7.36. The predicted molar refractivity (Wildman–Crippen MR) is 118 cm³/mol. The number of piperazine rings is 1. The van der Waals surface area contributed by atoms with Crippen molar-refractivity contribution in [3.8, 4) is 5.75 Å². The number of methoxy groups -OCH3 is 1. The van der Waals surface area contributed by atoms with Crippen LogP contribution >= 0.6 is 11.6 Å². The minimum Gasteiger partial charge on any atom is -0.495 e. The summed E-state index contributed by atoms with van der Waals surface area (Å²) in [4.78, 5) is 14.7. The molecule has 0 spiro atoms. The molecule has 1 amide bonds. The van der Waals surface area contributed by atoms with Crippen molar-refractivity contribution in [3.63, 3.8) is 0 Å². The third-order valence-corrected chi connectivity index (χ3v) is 7.29. The first kappa shape index (κ1) is 22.6. The molecule has 30 heavy (non-hydrogen) atoms. The van der Waals surface area contributed by atoms with Gasteiger partial charge in [0, 0.05) is 31.2 Å². The molecule has 0 saturated carbocycles. The molecule has 1 saturated heterocycles. The molecule has 1 N–H and O–H groups in total. The molecule has 2 aromatic rings. The molecule has 1 atom stereocenters. The molecule has 162 valence electrons. The van der Waals surface area contributed by atoms with Crippen LogP contribution in [-0.2, 0) is 20.6 Å². The van der Waals surface area contributed by atoms with Gasteiger partial charge in [-0.3, -0.25) is 9.69 Å². The van der Waals surface area contributed by atoms with Gasteiger partial charge in [-0.05, 0) is 30.7 Å². The van der Waals surface area contributed by atoms with E-state index in [9.17, 15) is 13.2 Å². The first-order chi connectivity index (χ1) is 14.3.